The van der Waals surface area contributed by atoms with Crippen LogP contribution in [0.15, 0.2) is 16.6 Å². The van der Waals surface area contributed by atoms with Gasteiger partial charge in [-0.2, -0.15) is 0 Å². The Hall–Kier alpha value is -1.21. The fourth-order valence-corrected chi connectivity index (χ4v) is 2.02. The van der Waals surface area contributed by atoms with Gasteiger partial charge in [0.25, 0.3) is 0 Å². The molecule has 17 heavy (non-hydrogen) atoms. The average molecular weight is 320 g/mol. The van der Waals surface area contributed by atoms with E-state index in [2.05, 4.69) is 21.2 Å². The Labute approximate surface area is 112 Å². The van der Waals surface area contributed by atoms with E-state index in [1.165, 1.54) is 13.0 Å². The van der Waals surface area contributed by atoms with Crippen LogP contribution in [-0.4, -0.2) is 16.9 Å². The van der Waals surface area contributed by atoms with Gasteiger partial charge in [-0.15, -0.1) is 0 Å². The van der Waals surface area contributed by atoms with Crippen LogP contribution in [0.25, 0.3) is 0 Å². The van der Waals surface area contributed by atoms with Crippen LogP contribution in [0.1, 0.15) is 12.5 Å². The molecular formula is C10H11BrFN3OS. The van der Waals surface area contributed by atoms with Crippen molar-refractivity contribution in [2.45, 2.75) is 13.0 Å². The fourth-order valence-electron chi connectivity index (χ4n) is 1.16. The lowest BCUT2D eigenvalue weighted by Crippen LogP contribution is -2.32. The molecule has 1 aromatic rings. The molecule has 0 saturated carbocycles. The van der Waals surface area contributed by atoms with E-state index in [-0.39, 0.29) is 15.1 Å². The summed E-state index contributed by atoms with van der Waals surface area (Å²) in [5.74, 6) is -1.14. The Kier molecular flexibility index (Phi) is 4.41. The minimum atomic E-state index is -0.674. The molecular weight excluding hydrogens is 309 g/mol. The van der Waals surface area contributed by atoms with Crippen LogP contribution >= 0.6 is 28.1 Å². The van der Waals surface area contributed by atoms with Gasteiger partial charge in [0.15, 0.2) is 5.82 Å². The first kappa shape index (κ1) is 13.9. The van der Waals surface area contributed by atoms with Crippen LogP contribution in [0.5, 0.6) is 0 Å². The second kappa shape index (κ2) is 5.42. The summed E-state index contributed by atoms with van der Waals surface area (Å²) in [7, 11) is 0. The summed E-state index contributed by atoms with van der Waals surface area (Å²) in [5, 5.41) is 2.65. The summed E-state index contributed by atoms with van der Waals surface area (Å²) in [6.07, 6.45) is 0. The molecule has 1 aromatic carbocycles. The van der Waals surface area contributed by atoms with Gasteiger partial charge in [-0.1, -0.05) is 12.2 Å². The molecule has 0 aromatic heterocycles. The highest BCUT2D eigenvalue weighted by Gasteiger charge is 2.16. The molecule has 1 rings (SSSR count). The summed E-state index contributed by atoms with van der Waals surface area (Å²) in [6.45, 7) is 1.54. The SMILES string of the molecule is CC(Nc1ccc(C(N)=S)c(Br)c1F)C(N)=O. The third-order valence-corrected chi connectivity index (χ3v) is 3.14. The number of nitrogens with one attached hydrogen (secondary N) is 1. The number of hydrogen-bond acceptors (Lipinski definition) is 3. The van der Waals surface area contributed by atoms with E-state index in [1.54, 1.807) is 6.07 Å². The maximum atomic E-state index is 13.9. The van der Waals surface area contributed by atoms with Crippen molar-refractivity contribution in [3.8, 4) is 0 Å². The lowest BCUT2D eigenvalue weighted by Gasteiger charge is -2.14. The number of rotatable bonds is 4. The van der Waals surface area contributed by atoms with E-state index < -0.39 is 17.8 Å². The summed E-state index contributed by atoms with van der Waals surface area (Å²) < 4.78 is 14.0. The quantitative estimate of drug-likeness (QED) is 0.735. The standard InChI is InChI=1S/C10H11BrFN3OS/c1-4(9(13)16)15-6-3-2-5(10(14)17)7(11)8(6)12/h2-4,15H,1H3,(H2,13,16)(H2,14,17). The van der Waals surface area contributed by atoms with Crippen molar-refractivity contribution in [2.75, 3.05) is 5.32 Å². The second-order valence-electron chi connectivity index (χ2n) is 3.42. The third kappa shape index (κ3) is 3.13. The van der Waals surface area contributed by atoms with Gasteiger partial charge in [-0.05, 0) is 35.0 Å². The highest BCUT2D eigenvalue weighted by atomic mass is 79.9. The second-order valence-corrected chi connectivity index (χ2v) is 4.65. The molecule has 5 N–H and O–H groups in total. The number of halogens is 2. The van der Waals surface area contributed by atoms with Gasteiger partial charge in [-0.3, -0.25) is 4.79 Å². The maximum Gasteiger partial charge on any atom is 0.239 e. The monoisotopic (exact) mass is 319 g/mol. The number of primary amides is 1. The van der Waals surface area contributed by atoms with Gasteiger partial charge in [0.05, 0.1) is 10.2 Å². The van der Waals surface area contributed by atoms with Crippen LogP contribution in [-0.2, 0) is 4.79 Å². The lowest BCUT2D eigenvalue weighted by atomic mass is 10.2. The predicted octanol–water partition coefficient (Wildman–Crippen LogP) is 1.51. The first-order chi connectivity index (χ1) is 7.84. The van der Waals surface area contributed by atoms with Crippen molar-refractivity contribution in [1.29, 1.82) is 0 Å². The van der Waals surface area contributed by atoms with Gasteiger partial charge in [0, 0.05) is 5.56 Å². The van der Waals surface area contributed by atoms with Crippen LogP contribution in [0.3, 0.4) is 0 Å². The first-order valence-electron chi connectivity index (χ1n) is 4.68. The fraction of sp³-hybridized carbons (Fsp3) is 0.200. The summed E-state index contributed by atoms with van der Waals surface area (Å²) in [4.78, 5) is 10.9. The van der Waals surface area contributed by atoms with E-state index in [9.17, 15) is 9.18 Å². The summed E-state index contributed by atoms with van der Waals surface area (Å²) in [5.41, 5.74) is 11.1. The van der Waals surface area contributed by atoms with Crippen LogP contribution in [0, 0.1) is 5.82 Å². The zero-order valence-corrected chi connectivity index (χ0v) is 11.4. The molecule has 1 atom stereocenters. The van der Waals surface area contributed by atoms with Crippen molar-refractivity contribution < 1.29 is 9.18 Å². The normalized spacial score (nSPS) is 11.9. The number of carbonyl (C=O) groups is 1. The minimum Gasteiger partial charge on any atom is -0.389 e. The van der Waals surface area contributed by atoms with Gasteiger partial charge < -0.3 is 16.8 Å². The molecule has 0 saturated heterocycles. The summed E-state index contributed by atoms with van der Waals surface area (Å²) >= 11 is 7.83. The van der Waals surface area contributed by atoms with E-state index >= 15 is 0 Å². The largest absolute Gasteiger partial charge is 0.389 e. The predicted molar refractivity (Wildman–Crippen MR) is 72.3 cm³/mol. The molecule has 0 bridgehead atoms. The van der Waals surface area contributed by atoms with Crippen LogP contribution in [0.4, 0.5) is 10.1 Å². The molecule has 0 aliphatic carbocycles. The average Bonchev–Trinajstić information content (AvgIpc) is 2.24. The smallest absolute Gasteiger partial charge is 0.239 e. The molecule has 0 aliphatic heterocycles. The third-order valence-electron chi connectivity index (χ3n) is 2.15. The Morgan fingerprint density at radius 1 is 1.53 bits per heavy atom. The summed E-state index contributed by atoms with van der Waals surface area (Å²) in [6, 6.07) is 2.34. The molecule has 1 amide bonds. The topological polar surface area (TPSA) is 81.1 Å². The van der Waals surface area contributed by atoms with Crippen molar-refractivity contribution in [3.63, 3.8) is 0 Å². The van der Waals surface area contributed by atoms with Crippen LogP contribution < -0.4 is 16.8 Å². The Balaban J connectivity index is 3.09. The Morgan fingerprint density at radius 3 is 2.59 bits per heavy atom. The number of carbonyl (C=O) groups excluding carboxylic acids is 1. The van der Waals surface area contributed by atoms with Gasteiger partial charge >= 0.3 is 0 Å². The van der Waals surface area contributed by atoms with E-state index in [0.717, 1.165) is 0 Å². The molecule has 92 valence electrons. The minimum absolute atomic E-state index is 0.0882. The number of hydrogen-bond donors (Lipinski definition) is 3. The van der Waals surface area contributed by atoms with Gasteiger partial charge in [0.1, 0.15) is 11.0 Å². The Morgan fingerprint density at radius 2 is 2.12 bits per heavy atom. The highest BCUT2D eigenvalue weighted by molar-refractivity contribution is 9.10. The van der Waals surface area contributed by atoms with Crippen molar-refractivity contribution in [1.82, 2.24) is 0 Å². The van der Waals surface area contributed by atoms with Gasteiger partial charge in [-0.25, -0.2) is 4.39 Å². The molecule has 0 spiro atoms. The molecule has 4 nitrogen and oxygen atoms in total. The highest BCUT2D eigenvalue weighted by Crippen LogP contribution is 2.27. The van der Waals surface area contributed by atoms with Crippen molar-refractivity contribution in [3.05, 3.63) is 28.0 Å². The number of anilines is 1. The van der Waals surface area contributed by atoms with E-state index in [0.29, 0.717) is 5.56 Å². The van der Waals surface area contributed by atoms with Gasteiger partial charge in [0.2, 0.25) is 5.91 Å². The number of benzene rings is 1. The molecule has 0 fully saturated rings. The molecule has 0 heterocycles. The van der Waals surface area contributed by atoms with E-state index in [1.807, 2.05) is 0 Å². The van der Waals surface area contributed by atoms with Crippen molar-refractivity contribution >= 4 is 44.7 Å². The van der Waals surface area contributed by atoms with Crippen molar-refractivity contribution in [2.24, 2.45) is 11.5 Å². The first-order valence-corrected chi connectivity index (χ1v) is 5.88. The molecule has 1 unspecified atom stereocenters. The van der Waals surface area contributed by atoms with Crippen LogP contribution in [0.2, 0.25) is 0 Å². The maximum absolute atomic E-state index is 13.9. The number of nitrogens with two attached hydrogens (primary N) is 2. The Bertz CT molecular complexity index is 481. The number of amides is 1. The molecule has 7 heteroatoms. The zero-order valence-electron chi connectivity index (χ0n) is 8.96. The lowest BCUT2D eigenvalue weighted by molar-refractivity contribution is -0.118. The molecule has 0 aliphatic rings. The van der Waals surface area contributed by atoms with E-state index in [4.69, 9.17) is 23.7 Å². The number of thiocarbonyl (C=S) groups is 1. The molecule has 0 radical (unpaired) electrons. The zero-order chi connectivity index (χ0) is 13.2.